The monoisotopic (exact) mass is 784 g/mol. The van der Waals surface area contributed by atoms with E-state index in [1.807, 2.05) is 0 Å². The van der Waals surface area contributed by atoms with Crippen molar-refractivity contribution in [2.45, 2.75) is 153 Å². The van der Waals surface area contributed by atoms with E-state index < -0.39 is 59.8 Å². The number of unbranched alkanes of at least 4 members (excludes halogenated alkanes) is 7. The van der Waals surface area contributed by atoms with Crippen molar-refractivity contribution in [2.75, 3.05) is 26.4 Å². The van der Waals surface area contributed by atoms with Gasteiger partial charge in [0.1, 0.15) is 30.5 Å². The summed E-state index contributed by atoms with van der Waals surface area (Å²) in [6, 6.07) is 0. The fraction of sp³-hybridized carbons (Fsp3) is 0.683. The maximum absolute atomic E-state index is 12.8. The highest BCUT2D eigenvalue weighted by molar-refractivity contribution is 7.80. The zero-order valence-corrected chi connectivity index (χ0v) is 33.3. The standard InChI is InChI=1S/C41H68O12S/c1-3-5-7-9-11-13-15-17-19-21-23-25-27-29-31-49-33-35(34-50-41-39(45)40(53-54(46,47)48)38(44)36(32-42)52-41)51-37(43)30-28-26-24-22-20-18-16-14-12-10-8-6-4-2/h5-8,11-14,17-20,35-36,38-42,44-45H,3-4,9-10,15-16,21-34H2,1-2H3,(H,46,47,48)/b7-5-,8-6-,13-11-,14-12-,19-17-,20-18-. The van der Waals surface area contributed by atoms with Gasteiger partial charge in [-0.15, -0.1) is 0 Å². The number of hydrogen-bond donors (Lipinski definition) is 4. The zero-order valence-electron chi connectivity index (χ0n) is 32.5. The third-order valence-electron chi connectivity index (χ3n) is 8.32. The van der Waals surface area contributed by atoms with E-state index in [1.54, 1.807) is 0 Å². The molecule has 0 radical (unpaired) electrons. The van der Waals surface area contributed by atoms with Gasteiger partial charge < -0.3 is 34.3 Å². The molecule has 1 fully saturated rings. The Kier molecular flexibility index (Phi) is 30.1. The van der Waals surface area contributed by atoms with E-state index in [2.05, 4.69) is 90.9 Å². The first kappa shape index (κ1) is 49.6. The highest BCUT2D eigenvalue weighted by Gasteiger charge is 2.48. The molecule has 1 heterocycles. The van der Waals surface area contributed by atoms with E-state index in [9.17, 15) is 28.5 Å². The van der Waals surface area contributed by atoms with E-state index in [-0.39, 0.29) is 19.6 Å². The lowest BCUT2D eigenvalue weighted by atomic mass is 9.99. The molecule has 6 unspecified atom stereocenters. The Hall–Kier alpha value is -2.46. The first-order valence-corrected chi connectivity index (χ1v) is 21.1. The molecule has 1 aliphatic heterocycles. The van der Waals surface area contributed by atoms with Crippen LogP contribution in [0.1, 0.15) is 117 Å². The highest BCUT2D eigenvalue weighted by atomic mass is 32.3. The number of aliphatic hydroxyl groups excluding tert-OH is 3. The van der Waals surface area contributed by atoms with Gasteiger partial charge in [0.15, 0.2) is 6.29 Å². The molecule has 0 aliphatic carbocycles. The molecule has 12 nitrogen and oxygen atoms in total. The van der Waals surface area contributed by atoms with Crippen molar-refractivity contribution in [3.8, 4) is 0 Å². The van der Waals surface area contributed by atoms with E-state index in [1.165, 1.54) is 0 Å². The molecule has 0 amide bonds. The molecular weight excluding hydrogens is 717 g/mol. The summed E-state index contributed by atoms with van der Waals surface area (Å²) in [5, 5.41) is 30.5. The van der Waals surface area contributed by atoms with Gasteiger partial charge in [0.05, 0.1) is 19.8 Å². The summed E-state index contributed by atoms with van der Waals surface area (Å²) in [6.45, 7) is 3.62. The van der Waals surface area contributed by atoms with Crippen LogP contribution < -0.4 is 0 Å². The number of rotatable bonds is 32. The average Bonchev–Trinajstić information content (AvgIpc) is 3.14. The van der Waals surface area contributed by atoms with Crippen molar-refractivity contribution in [3.63, 3.8) is 0 Å². The number of hydrogen-bond acceptors (Lipinski definition) is 11. The van der Waals surface area contributed by atoms with Gasteiger partial charge in [-0.2, -0.15) is 8.42 Å². The average molecular weight is 785 g/mol. The van der Waals surface area contributed by atoms with Crippen LogP contribution in [-0.2, 0) is 38.3 Å². The molecular formula is C41H68O12S. The number of aliphatic hydroxyl groups is 3. The molecule has 310 valence electrons. The summed E-state index contributed by atoms with van der Waals surface area (Å²) in [5.74, 6) is -0.441. The van der Waals surface area contributed by atoms with Gasteiger partial charge >= 0.3 is 16.4 Å². The number of allylic oxidation sites excluding steroid dienone is 12. The topological polar surface area (TPSA) is 178 Å². The van der Waals surface area contributed by atoms with Gasteiger partial charge in [-0.25, -0.2) is 4.18 Å². The molecule has 4 N–H and O–H groups in total. The van der Waals surface area contributed by atoms with Crippen molar-refractivity contribution in [2.24, 2.45) is 0 Å². The van der Waals surface area contributed by atoms with Crippen LogP contribution >= 0.6 is 0 Å². The molecule has 0 aromatic heterocycles. The summed E-state index contributed by atoms with van der Waals surface area (Å²) in [4.78, 5) is 12.8. The fourth-order valence-electron chi connectivity index (χ4n) is 5.40. The summed E-state index contributed by atoms with van der Waals surface area (Å²) >= 11 is 0. The Morgan fingerprint density at radius 2 is 1.22 bits per heavy atom. The van der Waals surface area contributed by atoms with Crippen molar-refractivity contribution in [1.82, 2.24) is 0 Å². The first-order chi connectivity index (χ1) is 26.1. The van der Waals surface area contributed by atoms with Crippen LogP contribution in [0.15, 0.2) is 72.9 Å². The Labute approximate surface area is 324 Å². The van der Waals surface area contributed by atoms with Crippen LogP contribution in [0.3, 0.4) is 0 Å². The third-order valence-corrected chi connectivity index (χ3v) is 8.79. The quantitative estimate of drug-likeness (QED) is 0.0234. The summed E-state index contributed by atoms with van der Waals surface area (Å²) in [7, 11) is -5.07. The molecule has 1 aliphatic rings. The van der Waals surface area contributed by atoms with Gasteiger partial charge in [0.2, 0.25) is 0 Å². The van der Waals surface area contributed by atoms with Crippen LogP contribution in [0.5, 0.6) is 0 Å². The van der Waals surface area contributed by atoms with Gasteiger partial charge in [-0.3, -0.25) is 9.35 Å². The predicted molar refractivity (Wildman–Crippen MR) is 211 cm³/mol. The third kappa shape index (κ3) is 26.4. The Balaban J connectivity index is 2.55. The zero-order chi connectivity index (χ0) is 39.7. The number of carbonyl (C=O) groups excluding carboxylic acids is 1. The highest BCUT2D eigenvalue weighted by Crippen LogP contribution is 2.26. The SMILES string of the molecule is CC/C=C\C/C=C\C/C=C\CCCCCCOCC(COC1OC(CO)C(O)C(OS(=O)(=O)O)C1O)OC(=O)CCCCC/C=C\C/C=C\C/C=C\CC. The smallest absolute Gasteiger partial charge is 0.397 e. The number of esters is 1. The molecule has 6 atom stereocenters. The molecule has 54 heavy (non-hydrogen) atoms. The minimum Gasteiger partial charge on any atom is -0.457 e. The molecule has 0 aromatic carbocycles. The molecule has 0 saturated carbocycles. The number of ether oxygens (including phenoxy) is 4. The Morgan fingerprint density at radius 1 is 0.704 bits per heavy atom. The van der Waals surface area contributed by atoms with Crippen molar-refractivity contribution in [3.05, 3.63) is 72.9 Å². The summed E-state index contributed by atoms with van der Waals surface area (Å²) in [6.07, 6.45) is 30.9. The lowest BCUT2D eigenvalue weighted by Gasteiger charge is -2.41. The van der Waals surface area contributed by atoms with Gasteiger partial charge in [-0.05, 0) is 77.0 Å². The fourth-order valence-corrected chi connectivity index (χ4v) is 5.91. The van der Waals surface area contributed by atoms with E-state index >= 15 is 0 Å². The van der Waals surface area contributed by atoms with E-state index in [0.717, 1.165) is 89.9 Å². The van der Waals surface area contributed by atoms with Gasteiger partial charge in [-0.1, -0.05) is 106 Å². The Bertz CT molecular complexity index is 1230. The second-order valence-electron chi connectivity index (χ2n) is 13.1. The molecule has 1 saturated heterocycles. The second-order valence-corrected chi connectivity index (χ2v) is 14.2. The van der Waals surface area contributed by atoms with Crippen LogP contribution in [0.2, 0.25) is 0 Å². The van der Waals surface area contributed by atoms with Crippen LogP contribution in [-0.4, -0.2) is 97.5 Å². The molecule has 0 bridgehead atoms. The predicted octanol–water partition coefficient (Wildman–Crippen LogP) is 7.18. The largest absolute Gasteiger partial charge is 0.457 e. The molecule has 1 rings (SSSR count). The van der Waals surface area contributed by atoms with E-state index in [4.69, 9.17) is 23.5 Å². The Morgan fingerprint density at radius 3 is 1.76 bits per heavy atom. The van der Waals surface area contributed by atoms with Crippen LogP contribution in [0.4, 0.5) is 0 Å². The number of carbonyl (C=O) groups is 1. The van der Waals surface area contributed by atoms with E-state index in [0.29, 0.717) is 13.0 Å². The van der Waals surface area contributed by atoms with Crippen molar-refractivity contribution < 1.29 is 56.2 Å². The maximum atomic E-state index is 12.8. The van der Waals surface area contributed by atoms with Crippen molar-refractivity contribution in [1.29, 1.82) is 0 Å². The summed E-state index contributed by atoms with van der Waals surface area (Å²) in [5.41, 5.74) is 0. The molecule has 0 spiro atoms. The van der Waals surface area contributed by atoms with Crippen LogP contribution in [0, 0.1) is 0 Å². The minimum absolute atomic E-state index is 0.00415. The maximum Gasteiger partial charge on any atom is 0.397 e. The lowest BCUT2D eigenvalue weighted by molar-refractivity contribution is -0.301. The van der Waals surface area contributed by atoms with Crippen molar-refractivity contribution >= 4 is 16.4 Å². The lowest BCUT2D eigenvalue weighted by Crippen LogP contribution is -2.60. The van der Waals surface area contributed by atoms with Gasteiger partial charge in [0.25, 0.3) is 0 Å². The molecule has 0 aromatic rings. The second kappa shape index (κ2) is 32.8. The minimum atomic E-state index is -5.07. The first-order valence-electron chi connectivity index (χ1n) is 19.7. The normalized spacial score (nSPS) is 21.9. The van der Waals surface area contributed by atoms with Crippen LogP contribution in [0.25, 0.3) is 0 Å². The molecule has 13 heteroatoms. The van der Waals surface area contributed by atoms with Gasteiger partial charge in [0, 0.05) is 13.0 Å². The summed E-state index contributed by atoms with van der Waals surface area (Å²) < 4.78 is 58.7.